The van der Waals surface area contributed by atoms with Crippen molar-refractivity contribution in [3.63, 3.8) is 0 Å². The molecule has 0 radical (unpaired) electrons. The molecular formula is C23H30N2O7. The number of esters is 1. The number of ketones is 4. The van der Waals surface area contributed by atoms with Crippen molar-refractivity contribution >= 4 is 29.1 Å². The van der Waals surface area contributed by atoms with E-state index in [0.717, 1.165) is 0 Å². The number of Topliss-reactive ketones (excluding diaryl/α,β-unsaturated/α-hetero) is 4. The number of hydrogen-bond donors (Lipinski definition) is 2. The molecule has 0 unspecified atom stereocenters. The van der Waals surface area contributed by atoms with Gasteiger partial charge >= 0.3 is 11.7 Å². The highest BCUT2D eigenvalue weighted by Crippen LogP contribution is 2.47. The summed E-state index contributed by atoms with van der Waals surface area (Å²) in [6.45, 7) is 8.82. The Morgan fingerprint density at radius 3 is 1.62 bits per heavy atom. The molecule has 1 aromatic heterocycles. The van der Waals surface area contributed by atoms with E-state index in [1.165, 1.54) is 0 Å². The Balaban J connectivity index is 2.18. The van der Waals surface area contributed by atoms with Gasteiger partial charge in [0.2, 0.25) is 0 Å². The number of carbonyl (C=O) groups excluding carboxylic acids is 5. The maximum Gasteiger partial charge on any atom is 0.356 e. The van der Waals surface area contributed by atoms with E-state index in [-0.39, 0.29) is 43.7 Å². The average Bonchev–Trinajstić information content (AvgIpc) is 2.99. The molecule has 2 saturated carbocycles. The topological polar surface area (TPSA) is 143 Å². The molecule has 0 spiro atoms. The Morgan fingerprint density at radius 1 is 0.844 bits per heavy atom. The molecule has 2 fully saturated rings. The summed E-state index contributed by atoms with van der Waals surface area (Å²) in [5.74, 6) is -6.35. The van der Waals surface area contributed by atoms with Gasteiger partial charge in [0.05, 0.1) is 24.1 Å². The van der Waals surface area contributed by atoms with Crippen molar-refractivity contribution in [2.75, 3.05) is 6.61 Å². The summed E-state index contributed by atoms with van der Waals surface area (Å²) in [7, 11) is 0. The van der Waals surface area contributed by atoms with Gasteiger partial charge in [-0.1, -0.05) is 27.7 Å². The summed E-state index contributed by atoms with van der Waals surface area (Å²) >= 11 is 0. The summed E-state index contributed by atoms with van der Waals surface area (Å²) in [5, 5.41) is 0. The first-order chi connectivity index (χ1) is 14.8. The van der Waals surface area contributed by atoms with Crippen molar-refractivity contribution in [2.45, 2.75) is 66.2 Å². The molecule has 0 aromatic carbocycles. The smallest absolute Gasteiger partial charge is 0.356 e. The van der Waals surface area contributed by atoms with Gasteiger partial charge in [-0.05, 0) is 17.8 Å². The molecule has 0 saturated heterocycles. The summed E-state index contributed by atoms with van der Waals surface area (Å²) in [4.78, 5) is 82.2. The van der Waals surface area contributed by atoms with Gasteiger partial charge in [-0.15, -0.1) is 0 Å². The number of imidazole rings is 1. The number of nitrogens with one attached hydrogen (secondary N) is 2. The van der Waals surface area contributed by atoms with E-state index in [4.69, 9.17) is 4.74 Å². The molecule has 0 aliphatic heterocycles. The fourth-order valence-electron chi connectivity index (χ4n) is 5.15. The third kappa shape index (κ3) is 4.52. The lowest BCUT2D eigenvalue weighted by molar-refractivity contribution is -0.145. The fraction of sp³-hybridized carbons (Fsp3) is 0.652. The highest BCUT2D eigenvalue weighted by molar-refractivity contribution is 6.11. The first-order valence-corrected chi connectivity index (χ1v) is 10.9. The van der Waals surface area contributed by atoms with Gasteiger partial charge < -0.3 is 9.72 Å². The van der Waals surface area contributed by atoms with Crippen molar-refractivity contribution in [3.8, 4) is 0 Å². The second-order valence-corrected chi connectivity index (χ2v) is 10.5. The van der Waals surface area contributed by atoms with Gasteiger partial charge in [-0.2, -0.15) is 0 Å². The zero-order chi connectivity index (χ0) is 24.0. The summed E-state index contributed by atoms with van der Waals surface area (Å²) in [5.41, 5.74) is -2.20. The van der Waals surface area contributed by atoms with Crippen LogP contribution in [0.3, 0.4) is 0 Å². The van der Waals surface area contributed by atoms with Crippen LogP contribution in [-0.4, -0.2) is 45.7 Å². The number of H-pyrrole nitrogens is 2. The molecular weight excluding hydrogens is 416 g/mol. The molecule has 0 atom stereocenters. The molecule has 2 aliphatic carbocycles. The highest BCUT2D eigenvalue weighted by Gasteiger charge is 2.53. The van der Waals surface area contributed by atoms with Crippen LogP contribution in [0.1, 0.15) is 82.4 Å². The Kier molecular flexibility index (Phi) is 6.14. The van der Waals surface area contributed by atoms with Crippen LogP contribution in [0.4, 0.5) is 0 Å². The van der Waals surface area contributed by atoms with Gasteiger partial charge in [0.25, 0.3) is 0 Å². The van der Waals surface area contributed by atoms with Crippen molar-refractivity contribution in [1.29, 1.82) is 0 Å². The number of aromatic nitrogens is 2. The van der Waals surface area contributed by atoms with Crippen LogP contribution in [0.25, 0.3) is 0 Å². The number of hydrogen-bond acceptors (Lipinski definition) is 7. The van der Waals surface area contributed by atoms with Crippen LogP contribution in [0, 0.1) is 22.7 Å². The summed E-state index contributed by atoms with van der Waals surface area (Å²) in [6.07, 6.45) is 0.349. The average molecular weight is 447 g/mol. The third-order valence-corrected chi connectivity index (χ3v) is 6.29. The van der Waals surface area contributed by atoms with E-state index in [2.05, 4.69) is 9.97 Å². The van der Waals surface area contributed by atoms with E-state index in [0.29, 0.717) is 0 Å². The van der Waals surface area contributed by atoms with Crippen LogP contribution < -0.4 is 5.69 Å². The molecule has 2 aliphatic rings. The molecule has 1 heterocycles. The number of rotatable bonds is 5. The molecule has 2 N–H and O–H groups in total. The molecule has 3 rings (SSSR count). The maximum atomic E-state index is 13.2. The second-order valence-electron chi connectivity index (χ2n) is 10.5. The summed E-state index contributed by atoms with van der Waals surface area (Å²) in [6, 6.07) is 0. The van der Waals surface area contributed by atoms with Crippen molar-refractivity contribution in [1.82, 2.24) is 9.97 Å². The second kappa shape index (κ2) is 8.26. The Bertz CT molecular complexity index is 955. The van der Waals surface area contributed by atoms with Crippen molar-refractivity contribution in [2.24, 2.45) is 22.7 Å². The van der Waals surface area contributed by atoms with Gasteiger partial charge in [-0.25, -0.2) is 9.59 Å². The molecule has 174 valence electrons. The van der Waals surface area contributed by atoms with E-state index >= 15 is 0 Å². The number of ether oxygens (including phenoxy) is 1. The minimum Gasteiger partial charge on any atom is -0.461 e. The van der Waals surface area contributed by atoms with Gasteiger partial charge in [0.1, 0.15) is 28.8 Å². The minimum atomic E-state index is -1.30. The Morgan fingerprint density at radius 2 is 1.25 bits per heavy atom. The zero-order valence-corrected chi connectivity index (χ0v) is 19.1. The first-order valence-electron chi connectivity index (χ1n) is 10.9. The number of aromatic amines is 2. The molecule has 0 amide bonds. The van der Waals surface area contributed by atoms with Crippen molar-refractivity contribution < 1.29 is 28.7 Å². The standard InChI is InChI=1S/C23H30N2O7/c1-6-32-20(30)19-18(24-21(31)25-19)17(15-11(26)7-22(2,3)8-12(15)27)16-13(28)9-23(4,5)10-14(16)29/h15-17H,6-10H2,1-5H3,(H2,24,25,31). The van der Waals surface area contributed by atoms with E-state index in [9.17, 15) is 28.8 Å². The molecule has 0 bridgehead atoms. The lowest BCUT2D eigenvalue weighted by Gasteiger charge is -2.40. The lowest BCUT2D eigenvalue weighted by atomic mass is 9.60. The van der Waals surface area contributed by atoms with Crippen LogP contribution in [0.5, 0.6) is 0 Å². The molecule has 9 heteroatoms. The van der Waals surface area contributed by atoms with Crippen LogP contribution in [0.15, 0.2) is 4.79 Å². The molecule has 32 heavy (non-hydrogen) atoms. The van der Waals surface area contributed by atoms with Gasteiger partial charge in [0.15, 0.2) is 0 Å². The maximum absolute atomic E-state index is 13.2. The third-order valence-electron chi connectivity index (χ3n) is 6.29. The highest BCUT2D eigenvalue weighted by atomic mass is 16.5. The molecule has 1 aromatic rings. The van der Waals surface area contributed by atoms with E-state index in [1.54, 1.807) is 34.6 Å². The fourth-order valence-corrected chi connectivity index (χ4v) is 5.15. The summed E-state index contributed by atoms with van der Waals surface area (Å²) < 4.78 is 5.01. The van der Waals surface area contributed by atoms with Crippen LogP contribution >= 0.6 is 0 Å². The van der Waals surface area contributed by atoms with E-state index < -0.39 is 63.4 Å². The molecule has 9 nitrogen and oxygen atoms in total. The zero-order valence-electron chi connectivity index (χ0n) is 19.1. The van der Waals surface area contributed by atoms with Crippen molar-refractivity contribution in [3.05, 3.63) is 21.9 Å². The SMILES string of the molecule is CCOC(=O)c1[nH]c(=O)[nH]c1C(C1C(=O)CC(C)(C)CC1=O)C1C(=O)CC(C)(C)CC1=O. The monoisotopic (exact) mass is 446 g/mol. The quantitative estimate of drug-likeness (QED) is 0.521. The lowest BCUT2D eigenvalue weighted by Crippen LogP contribution is -2.48. The van der Waals surface area contributed by atoms with Crippen LogP contribution in [-0.2, 0) is 23.9 Å². The van der Waals surface area contributed by atoms with Gasteiger partial charge in [-0.3, -0.25) is 24.2 Å². The number of carbonyl (C=O) groups is 5. The minimum absolute atomic E-state index is 0.0289. The largest absolute Gasteiger partial charge is 0.461 e. The van der Waals surface area contributed by atoms with Gasteiger partial charge in [0, 0.05) is 31.6 Å². The normalized spacial score (nSPS) is 21.9. The Hall–Kier alpha value is -2.84. The predicted octanol–water partition coefficient (Wildman–Crippen LogP) is 2.11. The van der Waals surface area contributed by atoms with E-state index in [1.807, 2.05) is 0 Å². The first kappa shape index (κ1) is 23.8. The predicted molar refractivity (Wildman–Crippen MR) is 113 cm³/mol. The Labute approximate surface area is 185 Å². The van der Waals surface area contributed by atoms with Crippen LogP contribution in [0.2, 0.25) is 0 Å².